The molecule has 0 fully saturated rings. The molecule has 0 aliphatic rings. The Morgan fingerprint density at radius 3 is 2.32 bits per heavy atom. The molecule has 0 aliphatic carbocycles. The van der Waals surface area contributed by atoms with Gasteiger partial charge in [-0.15, -0.1) is 0 Å². The summed E-state index contributed by atoms with van der Waals surface area (Å²) in [6, 6.07) is 6.10. The predicted molar refractivity (Wildman–Crippen MR) is 84.2 cm³/mol. The molecule has 4 nitrogen and oxygen atoms in total. The van der Waals surface area contributed by atoms with Crippen LogP contribution >= 0.6 is 23.2 Å². The highest BCUT2D eigenvalue weighted by atomic mass is 35.5. The number of halogens is 5. The molecule has 2 aromatic rings. The number of carbonyl (C=O) groups excluding carboxylic acids is 1. The third-order valence-electron chi connectivity index (χ3n) is 3.11. The van der Waals surface area contributed by atoms with Crippen molar-refractivity contribution in [3.63, 3.8) is 0 Å². The zero-order valence-electron chi connectivity index (χ0n) is 12.2. The molecule has 0 amide bonds. The van der Waals surface area contributed by atoms with E-state index in [1.54, 1.807) is 0 Å². The number of ether oxygens (including phenoxy) is 1. The maximum absolute atomic E-state index is 12.8. The van der Waals surface area contributed by atoms with Crippen LogP contribution in [0.15, 0.2) is 36.4 Å². The molecule has 132 valence electrons. The van der Waals surface area contributed by atoms with Crippen molar-refractivity contribution >= 4 is 35.1 Å². The number of aromatic carboxylic acids is 1. The van der Waals surface area contributed by atoms with E-state index < -0.39 is 35.0 Å². The van der Waals surface area contributed by atoms with Crippen molar-refractivity contribution in [1.29, 1.82) is 0 Å². The summed E-state index contributed by atoms with van der Waals surface area (Å²) in [7, 11) is 0. The molecule has 1 N–H and O–H groups in total. The Hall–Kier alpha value is -2.25. The van der Waals surface area contributed by atoms with E-state index in [-0.39, 0.29) is 11.4 Å². The van der Waals surface area contributed by atoms with Gasteiger partial charge in [0.1, 0.15) is 11.3 Å². The van der Waals surface area contributed by atoms with Crippen LogP contribution in [0.1, 0.15) is 21.5 Å². The molecule has 2 rings (SSSR count). The van der Waals surface area contributed by atoms with Crippen molar-refractivity contribution < 1.29 is 32.6 Å². The second-order valence-corrected chi connectivity index (χ2v) is 5.74. The Balaban J connectivity index is 2.28. The fourth-order valence-electron chi connectivity index (χ4n) is 1.94. The van der Waals surface area contributed by atoms with E-state index in [0.717, 1.165) is 6.07 Å². The number of carboxylic acid groups (broad SMARTS) is 1. The highest BCUT2D eigenvalue weighted by Gasteiger charge is 2.32. The number of carbonyl (C=O) groups is 2. The van der Waals surface area contributed by atoms with E-state index in [4.69, 9.17) is 33.0 Å². The minimum atomic E-state index is -4.71. The standard InChI is InChI=1S/C16H9Cl2F3O4/c17-10-3-1-8(12(18)7-10)5-14(22)25-13-6-9(16(19,20)21)2-4-11(13)15(23)24/h1-4,6-7H,5H2,(H,23,24). The number of alkyl halides is 3. The summed E-state index contributed by atoms with van der Waals surface area (Å²) >= 11 is 11.6. The minimum absolute atomic E-state index is 0.173. The predicted octanol–water partition coefficient (Wildman–Crippen LogP) is 4.86. The second kappa shape index (κ2) is 7.33. The van der Waals surface area contributed by atoms with Crippen molar-refractivity contribution in [2.75, 3.05) is 0 Å². The monoisotopic (exact) mass is 392 g/mol. The van der Waals surface area contributed by atoms with Gasteiger partial charge < -0.3 is 9.84 Å². The average molecular weight is 393 g/mol. The molecular weight excluding hydrogens is 384 g/mol. The van der Waals surface area contributed by atoms with E-state index in [2.05, 4.69) is 0 Å². The van der Waals surface area contributed by atoms with Gasteiger partial charge in [0.2, 0.25) is 0 Å². The zero-order chi connectivity index (χ0) is 18.8. The van der Waals surface area contributed by atoms with E-state index in [1.165, 1.54) is 18.2 Å². The molecule has 0 saturated heterocycles. The van der Waals surface area contributed by atoms with Gasteiger partial charge in [0.25, 0.3) is 0 Å². The van der Waals surface area contributed by atoms with Crippen LogP contribution in [-0.2, 0) is 17.4 Å². The Morgan fingerprint density at radius 1 is 1.08 bits per heavy atom. The van der Waals surface area contributed by atoms with Crippen molar-refractivity contribution in [3.8, 4) is 5.75 Å². The molecule has 0 unspecified atom stereocenters. The maximum Gasteiger partial charge on any atom is 0.416 e. The largest absolute Gasteiger partial charge is 0.478 e. The Kier molecular flexibility index (Phi) is 5.59. The quantitative estimate of drug-likeness (QED) is 0.596. The lowest BCUT2D eigenvalue weighted by Crippen LogP contribution is -2.15. The van der Waals surface area contributed by atoms with Gasteiger partial charge in [0.05, 0.1) is 12.0 Å². The molecule has 0 atom stereocenters. The summed E-state index contributed by atoms with van der Waals surface area (Å²) in [6.07, 6.45) is -5.08. The summed E-state index contributed by atoms with van der Waals surface area (Å²) in [5.74, 6) is -3.19. The Bertz CT molecular complexity index is 835. The normalized spacial score (nSPS) is 11.2. The molecule has 0 aromatic heterocycles. The first-order valence-corrected chi connectivity index (χ1v) is 7.42. The van der Waals surface area contributed by atoms with E-state index in [9.17, 15) is 22.8 Å². The average Bonchev–Trinajstić information content (AvgIpc) is 2.49. The fraction of sp³-hybridized carbons (Fsp3) is 0.125. The van der Waals surface area contributed by atoms with Gasteiger partial charge in [0, 0.05) is 10.0 Å². The number of esters is 1. The van der Waals surface area contributed by atoms with Crippen molar-refractivity contribution in [2.24, 2.45) is 0 Å². The Labute approximate surface area is 149 Å². The third kappa shape index (κ3) is 4.87. The van der Waals surface area contributed by atoms with Crippen molar-refractivity contribution in [2.45, 2.75) is 12.6 Å². The highest BCUT2D eigenvalue weighted by Crippen LogP contribution is 2.33. The summed E-state index contributed by atoms with van der Waals surface area (Å²) < 4.78 is 43.1. The van der Waals surface area contributed by atoms with Gasteiger partial charge in [0.15, 0.2) is 0 Å². The second-order valence-electron chi connectivity index (χ2n) is 4.90. The van der Waals surface area contributed by atoms with Crippen LogP contribution in [0.25, 0.3) is 0 Å². The Morgan fingerprint density at radius 2 is 1.76 bits per heavy atom. The van der Waals surface area contributed by atoms with Crippen LogP contribution in [0.4, 0.5) is 13.2 Å². The first kappa shape index (κ1) is 19.1. The first-order chi connectivity index (χ1) is 11.6. The van der Waals surface area contributed by atoms with Gasteiger partial charge in [-0.3, -0.25) is 4.79 Å². The van der Waals surface area contributed by atoms with Gasteiger partial charge in [-0.2, -0.15) is 13.2 Å². The van der Waals surface area contributed by atoms with Gasteiger partial charge in [-0.25, -0.2) is 4.79 Å². The third-order valence-corrected chi connectivity index (χ3v) is 3.70. The summed E-state index contributed by atoms with van der Waals surface area (Å²) in [5.41, 5.74) is -1.37. The van der Waals surface area contributed by atoms with Crippen LogP contribution in [0, 0.1) is 0 Å². The molecule has 0 bridgehead atoms. The van der Waals surface area contributed by atoms with Crippen LogP contribution in [0.5, 0.6) is 5.75 Å². The fourth-order valence-corrected chi connectivity index (χ4v) is 2.41. The van der Waals surface area contributed by atoms with Crippen molar-refractivity contribution in [3.05, 3.63) is 63.1 Å². The number of benzene rings is 2. The number of carboxylic acids is 1. The van der Waals surface area contributed by atoms with Crippen LogP contribution < -0.4 is 4.74 Å². The van der Waals surface area contributed by atoms with Gasteiger partial charge >= 0.3 is 18.1 Å². The summed E-state index contributed by atoms with van der Waals surface area (Å²) in [6.45, 7) is 0. The zero-order valence-corrected chi connectivity index (χ0v) is 13.7. The van der Waals surface area contributed by atoms with E-state index >= 15 is 0 Å². The van der Waals surface area contributed by atoms with Crippen LogP contribution in [-0.4, -0.2) is 17.0 Å². The molecule has 0 saturated carbocycles. The van der Waals surface area contributed by atoms with Gasteiger partial charge in [-0.05, 0) is 35.9 Å². The lowest BCUT2D eigenvalue weighted by Gasteiger charge is -2.12. The lowest BCUT2D eigenvalue weighted by atomic mass is 10.1. The van der Waals surface area contributed by atoms with Gasteiger partial charge in [-0.1, -0.05) is 29.3 Å². The maximum atomic E-state index is 12.8. The van der Waals surface area contributed by atoms with Crippen LogP contribution in [0.2, 0.25) is 10.0 Å². The highest BCUT2D eigenvalue weighted by molar-refractivity contribution is 6.35. The SMILES string of the molecule is O=C(Cc1ccc(Cl)cc1Cl)Oc1cc(C(F)(F)F)ccc1C(=O)O. The topological polar surface area (TPSA) is 63.6 Å². The molecule has 0 radical (unpaired) electrons. The smallest absolute Gasteiger partial charge is 0.416 e. The minimum Gasteiger partial charge on any atom is -0.478 e. The molecule has 0 spiro atoms. The number of rotatable bonds is 4. The van der Waals surface area contributed by atoms with Crippen LogP contribution in [0.3, 0.4) is 0 Å². The molecule has 2 aromatic carbocycles. The number of hydrogen-bond acceptors (Lipinski definition) is 3. The molecule has 9 heteroatoms. The van der Waals surface area contributed by atoms with E-state index in [0.29, 0.717) is 22.7 Å². The summed E-state index contributed by atoms with van der Waals surface area (Å²) in [4.78, 5) is 23.1. The lowest BCUT2D eigenvalue weighted by molar-refractivity contribution is -0.139. The van der Waals surface area contributed by atoms with Crippen molar-refractivity contribution in [1.82, 2.24) is 0 Å². The molecule has 0 heterocycles. The van der Waals surface area contributed by atoms with E-state index in [1.807, 2.05) is 0 Å². The first-order valence-electron chi connectivity index (χ1n) is 6.67. The molecule has 25 heavy (non-hydrogen) atoms. The number of hydrogen-bond donors (Lipinski definition) is 1. The molecular formula is C16H9Cl2F3O4. The summed E-state index contributed by atoms with van der Waals surface area (Å²) in [5, 5.41) is 9.54. The molecule has 0 aliphatic heterocycles.